The predicted octanol–water partition coefficient (Wildman–Crippen LogP) is 5.39. The maximum atomic E-state index is 12.2. The highest BCUT2D eigenvalue weighted by atomic mass is 35.5. The molecule has 0 amide bonds. The molecule has 2 aromatic carbocycles. The molecule has 0 saturated heterocycles. The molecule has 2 heterocycles. The number of halogens is 1. The van der Waals surface area contributed by atoms with E-state index >= 15 is 0 Å². The summed E-state index contributed by atoms with van der Waals surface area (Å²) in [5.41, 5.74) is 2.74. The number of esters is 1. The van der Waals surface area contributed by atoms with Crippen molar-refractivity contribution < 1.29 is 14.1 Å². The Morgan fingerprint density at radius 3 is 2.81 bits per heavy atom. The molecule has 0 radical (unpaired) electrons. The van der Waals surface area contributed by atoms with Crippen molar-refractivity contribution in [1.82, 2.24) is 10.1 Å². The molecule has 4 rings (SSSR count). The smallest absolute Gasteiger partial charge is 0.348 e. The van der Waals surface area contributed by atoms with Crippen molar-refractivity contribution in [3.8, 4) is 16.3 Å². The van der Waals surface area contributed by atoms with Gasteiger partial charge in [-0.2, -0.15) is 0 Å². The van der Waals surface area contributed by atoms with Crippen molar-refractivity contribution in [2.24, 2.45) is 0 Å². The molecule has 26 heavy (non-hydrogen) atoms. The number of carbonyl (C=O) groups is 1. The zero-order valence-electron chi connectivity index (χ0n) is 13.7. The minimum Gasteiger partial charge on any atom is -0.423 e. The monoisotopic (exact) mass is 384 g/mol. The standard InChI is InChI=1S/C19H13ClN2O3S/c1-2-15-14(10-24-22-15)19(23)25-13-6-3-11(4-7-13)18-21-16-9-12(20)5-8-17(16)26-18/h3-10H,2H2,1H3. The third-order valence-electron chi connectivity index (χ3n) is 3.86. The molecule has 0 fully saturated rings. The summed E-state index contributed by atoms with van der Waals surface area (Å²) < 4.78 is 11.3. The molecule has 7 heteroatoms. The van der Waals surface area contributed by atoms with Gasteiger partial charge in [-0.3, -0.25) is 0 Å². The van der Waals surface area contributed by atoms with Crippen LogP contribution in [-0.2, 0) is 6.42 Å². The summed E-state index contributed by atoms with van der Waals surface area (Å²) in [7, 11) is 0. The number of hydrogen-bond acceptors (Lipinski definition) is 6. The van der Waals surface area contributed by atoms with Gasteiger partial charge in [-0.15, -0.1) is 11.3 Å². The van der Waals surface area contributed by atoms with E-state index in [4.69, 9.17) is 20.9 Å². The van der Waals surface area contributed by atoms with Crippen molar-refractivity contribution in [2.45, 2.75) is 13.3 Å². The molecule has 0 saturated carbocycles. The molecule has 4 aromatic rings. The minimum absolute atomic E-state index is 0.347. The van der Waals surface area contributed by atoms with Gasteiger partial charge in [-0.1, -0.05) is 23.7 Å². The number of carbonyl (C=O) groups excluding carboxylic acids is 1. The topological polar surface area (TPSA) is 65.2 Å². The van der Waals surface area contributed by atoms with Crippen LogP contribution < -0.4 is 4.74 Å². The zero-order chi connectivity index (χ0) is 18.1. The van der Waals surface area contributed by atoms with Crippen LogP contribution in [0.2, 0.25) is 5.02 Å². The van der Waals surface area contributed by atoms with Gasteiger partial charge in [0.25, 0.3) is 0 Å². The fourth-order valence-corrected chi connectivity index (χ4v) is 3.65. The van der Waals surface area contributed by atoms with E-state index in [-0.39, 0.29) is 0 Å². The van der Waals surface area contributed by atoms with E-state index in [0.717, 1.165) is 20.8 Å². The summed E-state index contributed by atoms with van der Waals surface area (Å²) in [4.78, 5) is 16.8. The summed E-state index contributed by atoms with van der Waals surface area (Å²) in [6, 6.07) is 12.9. The molecule has 0 aliphatic carbocycles. The van der Waals surface area contributed by atoms with Crippen molar-refractivity contribution >= 4 is 39.1 Å². The number of rotatable bonds is 4. The molecular weight excluding hydrogens is 372 g/mol. The van der Waals surface area contributed by atoms with Crippen LogP contribution in [0.25, 0.3) is 20.8 Å². The molecule has 2 aromatic heterocycles. The van der Waals surface area contributed by atoms with E-state index in [2.05, 4.69) is 10.1 Å². The molecule has 5 nitrogen and oxygen atoms in total. The second kappa shape index (κ2) is 6.90. The largest absolute Gasteiger partial charge is 0.423 e. The normalized spacial score (nSPS) is 11.0. The van der Waals surface area contributed by atoms with Gasteiger partial charge < -0.3 is 9.26 Å². The highest BCUT2D eigenvalue weighted by Gasteiger charge is 2.17. The van der Waals surface area contributed by atoms with Gasteiger partial charge >= 0.3 is 5.97 Å². The van der Waals surface area contributed by atoms with E-state index in [9.17, 15) is 4.79 Å². The number of benzene rings is 2. The summed E-state index contributed by atoms with van der Waals surface area (Å²) in [5.74, 6) is -0.0309. The van der Waals surface area contributed by atoms with Crippen LogP contribution in [-0.4, -0.2) is 16.1 Å². The quantitative estimate of drug-likeness (QED) is 0.349. The van der Waals surface area contributed by atoms with Gasteiger partial charge in [0.1, 0.15) is 22.6 Å². The molecule has 0 N–H and O–H groups in total. The Hall–Kier alpha value is -2.70. The van der Waals surface area contributed by atoms with Gasteiger partial charge in [0.15, 0.2) is 0 Å². The summed E-state index contributed by atoms with van der Waals surface area (Å²) in [6.45, 7) is 1.90. The molecule has 0 atom stereocenters. The number of fused-ring (bicyclic) bond motifs is 1. The number of aryl methyl sites for hydroxylation is 1. The second-order valence-corrected chi connectivity index (χ2v) is 7.04. The number of hydrogen-bond donors (Lipinski definition) is 0. The number of aromatic nitrogens is 2. The molecule has 130 valence electrons. The summed E-state index contributed by atoms with van der Waals surface area (Å²) in [5, 5.41) is 5.33. The average Bonchev–Trinajstić information content (AvgIpc) is 3.28. The average molecular weight is 385 g/mol. The van der Waals surface area contributed by atoms with E-state index in [0.29, 0.717) is 28.5 Å². The maximum Gasteiger partial charge on any atom is 0.348 e. The van der Waals surface area contributed by atoms with Gasteiger partial charge in [-0.05, 0) is 48.9 Å². The Labute approximate surface area is 158 Å². The maximum absolute atomic E-state index is 12.2. The third-order valence-corrected chi connectivity index (χ3v) is 5.18. The van der Waals surface area contributed by atoms with Crippen LogP contribution in [0.5, 0.6) is 5.75 Å². The Balaban J connectivity index is 1.55. The third kappa shape index (κ3) is 3.21. The first kappa shape index (κ1) is 16.8. The van der Waals surface area contributed by atoms with Crippen molar-refractivity contribution in [1.29, 1.82) is 0 Å². The molecule has 0 spiro atoms. The first-order valence-corrected chi connectivity index (χ1v) is 9.15. The van der Waals surface area contributed by atoms with E-state index in [1.54, 1.807) is 23.5 Å². The molecule has 0 bridgehead atoms. The van der Waals surface area contributed by atoms with E-state index < -0.39 is 5.97 Å². The fraction of sp³-hybridized carbons (Fsp3) is 0.105. The lowest BCUT2D eigenvalue weighted by molar-refractivity contribution is 0.0733. The Morgan fingerprint density at radius 1 is 1.23 bits per heavy atom. The van der Waals surface area contributed by atoms with Crippen LogP contribution in [0.3, 0.4) is 0 Å². The fourth-order valence-electron chi connectivity index (χ4n) is 2.53. The van der Waals surface area contributed by atoms with Crippen LogP contribution in [0.15, 0.2) is 53.3 Å². The number of ether oxygens (including phenoxy) is 1. The summed E-state index contributed by atoms with van der Waals surface area (Å²) >= 11 is 7.60. The highest BCUT2D eigenvalue weighted by Crippen LogP contribution is 2.32. The molecular formula is C19H13ClN2O3S. The Kier molecular flexibility index (Phi) is 4.44. The predicted molar refractivity (Wildman–Crippen MR) is 101 cm³/mol. The van der Waals surface area contributed by atoms with E-state index in [1.807, 2.05) is 37.3 Å². The van der Waals surface area contributed by atoms with Gasteiger partial charge in [0.05, 0.1) is 15.9 Å². The Morgan fingerprint density at radius 2 is 2.04 bits per heavy atom. The molecule has 0 aliphatic rings. The van der Waals surface area contributed by atoms with Crippen molar-refractivity contribution in [2.75, 3.05) is 0 Å². The van der Waals surface area contributed by atoms with Crippen LogP contribution >= 0.6 is 22.9 Å². The first-order valence-electron chi connectivity index (χ1n) is 7.96. The number of nitrogens with zero attached hydrogens (tertiary/aromatic N) is 2. The highest BCUT2D eigenvalue weighted by molar-refractivity contribution is 7.21. The lowest BCUT2D eigenvalue weighted by atomic mass is 10.2. The second-order valence-electron chi connectivity index (χ2n) is 5.57. The SMILES string of the molecule is CCc1nocc1C(=O)Oc1ccc(-c2nc3cc(Cl)ccc3s2)cc1. The lowest BCUT2D eigenvalue weighted by Gasteiger charge is -2.04. The summed E-state index contributed by atoms with van der Waals surface area (Å²) in [6.07, 6.45) is 1.91. The van der Waals surface area contributed by atoms with Crippen LogP contribution in [0.1, 0.15) is 23.0 Å². The van der Waals surface area contributed by atoms with Crippen LogP contribution in [0, 0.1) is 0 Å². The number of thiazole rings is 1. The lowest BCUT2D eigenvalue weighted by Crippen LogP contribution is -2.09. The van der Waals surface area contributed by atoms with Gasteiger partial charge in [0.2, 0.25) is 0 Å². The van der Waals surface area contributed by atoms with Gasteiger partial charge in [-0.25, -0.2) is 9.78 Å². The van der Waals surface area contributed by atoms with Crippen LogP contribution in [0.4, 0.5) is 0 Å². The van der Waals surface area contributed by atoms with Crippen molar-refractivity contribution in [3.05, 3.63) is 65.0 Å². The molecule has 0 unspecified atom stereocenters. The zero-order valence-corrected chi connectivity index (χ0v) is 15.3. The van der Waals surface area contributed by atoms with E-state index in [1.165, 1.54) is 6.26 Å². The van der Waals surface area contributed by atoms with Gasteiger partial charge in [0, 0.05) is 10.6 Å². The minimum atomic E-state index is -0.481. The molecule has 0 aliphatic heterocycles. The Bertz CT molecular complexity index is 1090. The van der Waals surface area contributed by atoms with Crippen molar-refractivity contribution in [3.63, 3.8) is 0 Å². The first-order chi connectivity index (χ1) is 12.6.